The van der Waals surface area contributed by atoms with Gasteiger partial charge in [0.25, 0.3) is 0 Å². The molecule has 0 saturated carbocycles. The molecule has 1 heterocycles. The van der Waals surface area contributed by atoms with Crippen molar-refractivity contribution in [2.45, 2.75) is 6.54 Å². The van der Waals surface area contributed by atoms with Crippen LogP contribution in [0.4, 0.5) is 14.5 Å². The monoisotopic (exact) mass is 284 g/mol. The minimum Gasteiger partial charge on any atom is -0.381 e. The molecule has 2 N–H and O–H groups in total. The van der Waals surface area contributed by atoms with E-state index in [9.17, 15) is 8.78 Å². The van der Waals surface area contributed by atoms with Crippen LogP contribution in [0, 0.1) is 23.0 Å². The van der Waals surface area contributed by atoms with Crippen molar-refractivity contribution in [3.63, 3.8) is 0 Å². The molecule has 0 amide bonds. The van der Waals surface area contributed by atoms with Crippen molar-refractivity contribution in [3.8, 4) is 6.07 Å². The molecule has 3 rings (SSSR count). The van der Waals surface area contributed by atoms with Crippen LogP contribution in [0.5, 0.6) is 0 Å². The number of halogens is 2. The summed E-state index contributed by atoms with van der Waals surface area (Å²) in [6, 6.07) is 9.22. The second-order valence-corrected chi connectivity index (χ2v) is 4.56. The SMILES string of the molecule is N#Cc1cc(F)c(CNc2ccc3[nH]ncc3c2)c(F)c1. The van der Waals surface area contributed by atoms with E-state index in [1.807, 2.05) is 12.1 Å². The van der Waals surface area contributed by atoms with E-state index in [0.717, 1.165) is 28.7 Å². The molecule has 0 spiro atoms. The number of nitriles is 1. The van der Waals surface area contributed by atoms with E-state index in [4.69, 9.17) is 5.26 Å². The fourth-order valence-corrected chi connectivity index (χ4v) is 2.08. The van der Waals surface area contributed by atoms with Gasteiger partial charge in [-0.3, -0.25) is 5.10 Å². The molecule has 0 aliphatic heterocycles. The van der Waals surface area contributed by atoms with Gasteiger partial charge in [0.15, 0.2) is 0 Å². The highest BCUT2D eigenvalue weighted by molar-refractivity contribution is 5.81. The van der Waals surface area contributed by atoms with Gasteiger partial charge in [0.2, 0.25) is 0 Å². The van der Waals surface area contributed by atoms with E-state index in [2.05, 4.69) is 15.5 Å². The van der Waals surface area contributed by atoms with Crippen LogP contribution in [-0.2, 0) is 6.54 Å². The number of hydrogen-bond acceptors (Lipinski definition) is 3. The summed E-state index contributed by atoms with van der Waals surface area (Å²) >= 11 is 0. The third-order valence-corrected chi connectivity index (χ3v) is 3.18. The zero-order valence-electron chi connectivity index (χ0n) is 10.8. The lowest BCUT2D eigenvalue weighted by Crippen LogP contribution is -2.05. The Hall–Kier alpha value is -2.94. The predicted octanol–water partition coefficient (Wildman–Crippen LogP) is 3.32. The van der Waals surface area contributed by atoms with Crippen molar-refractivity contribution < 1.29 is 8.78 Å². The van der Waals surface area contributed by atoms with E-state index >= 15 is 0 Å². The lowest BCUT2D eigenvalue weighted by Gasteiger charge is -2.09. The standard InChI is InChI=1S/C15H10F2N4/c16-13-3-9(6-18)4-14(17)12(13)8-19-11-1-2-15-10(5-11)7-20-21-15/h1-5,7,19H,8H2,(H,20,21). The van der Waals surface area contributed by atoms with Crippen molar-refractivity contribution in [2.24, 2.45) is 0 Å². The van der Waals surface area contributed by atoms with Crippen LogP contribution in [-0.4, -0.2) is 10.2 Å². The van der Waals surface area contributed by atoms with E-state index < -0.39 is 11.6 Å². The molecule has 0 bridgehead atoms. The fourth-order valence-electron chi connectivity index (χ4n) is 2.08. The zero-order chi connectivity index (χ0) is 14.8. The quantitative estimate of drug-likeness (QED) is 0.775. The van der Waals surface area contributed by atoms with Gasteiger partial charge in [-0.25, -0.2) is 8.78 Å². The first-order valence-corrected chi connectivity index (χ1v) is 6.22. The molecule has 0 aliphatic rings. The Morgan fingerprint density at radius 3 is 2.67 bits per heavy atom. The highest BCUT2D eigenvalue weighted by atomic mass is 19.1. The number of fused-ring (bicyclic) bond motifs is 1. The predicted molar refractivity (Wildman–Crippen MR) is 74.5 cm³/mol. The molecule has 4 nitrogen and oxygen atoms in total. The summed E-state index contributed by atoms with van der Waals surface area (Å²) < 4.78 is 27.5. The van der Waals surface area contributed by atoms with Gasteiger partial charge in [0, 0.05) is 23.2 Å². The Morgan fingerprint density at radius 2 is 1.95 bits per heavy atom. The molecule has 21 heavy (non-hydrogen) atoms. The summed E-state index contributed by atoms with van der Waals surface area (Å²) in [6.45, 7) is -0.00721. The number of nitrogens with one attached hydrogen (secondary N) is 2. The highest BCUT2D eigenvalue weighted by Crippen LogP contribution is 2.20. The van der Waals surface area contributed by atoms with E-state index in [1.54, 1.807) is 18.3 Å². The van der Waals surface area contributed by atoms with E-state index in [1.165, 1.54) is 0 Å². The average Bonchev–Trinajstić information content (AvgIpc) is 2.93. The summed E-state index contributed by atoms with van der Waals surface area (Å²) in [5.41, 5.74) is 1.48. The minimum absolute atomic E-state index is 0.00721. The maximum atomic E-state index is 13.8. The van der Waals surface area contributed by atoms with Crippen molar-refractivity contribution in [1.29, 1.82) is 5.26 Å². The van der Waals surface area contributed by atoms with Crippen LogP contribution in [0.15, 0.2) is 36.5 Å². The maximum Gasteiger partial charge on any atom is 0.132 e. The van der Waals surface area contributed by atoms with Crippen LogP contribution in [0.3, 0.4) is 0 Å². The molecule has 0 unspecified atom stereocenters. The zero-order valence-corrected chi connectivity index (χ0v) is 10.8. The lowest BCUT2D eigenvalue weighted by molar-refractivity contribution is 0.559. The Kier molecular flexibility index (Phi) is 3.24. The molecule has 0 radical (unpaired) electrons. The number of anilines is 1. The van der Waals surface area contributed by atoms with Gasteiger partial charge < -0.3 is 5.32 Å². The van der Waals surface area contributed by atoms with Crippen molar-refractivity contribution >= 4 is 16.6 Å². The van der Waals surface area contributed by atoms with E-state index in [0.29, 0.717) is 0 Å². The van der Waals surface area contributed by atoms with Crippen LogP contribution < -0.4 is 5.32 Å². The highest BCUT2D eigenvalue weighted by Gasteiger charge is 2.11. The first kappa shape index (κ1) is 13.1. The number of H-pyrrole nitrogens is 1. The molecule has 104 valence electrons. The normalized spacial score (nSPS) is 10.5. The molecule has 0 fully saturated rings. The van der Waals surface area contributed by atoms with Crippen molar-refractivity contribution in [3.05, 3.63) is 59.3 Å². The topological polar surface area (TPSA) is 64.5 Å². The molecular formula is C15H10F2N4. The number of nitrogens with zero attached hydrogens (tertiary/aromatic N) is 2. The van der Waals surface area contributed by atoms with Gasteiger partial charge in [-0.15, -0.1) is 0 Å². The van der Waals surface area contributed by atoms with Crippen LogP contribution in [0.25, 0.3) is 10.9 Å². The third-order valence-electron chi connectivity index (χ3n) is 3.18. The van der Waals surface area contributed by atoms with Crippen molar-refractivity contribution in [2.75, 3.05) is 5.32 Å². The molecule has 6 heteroatoms. The van der Waals surface area contributed by atoms with E-state index in [-0.39, 0.29) is 17.7 Å². The number of benzene rings is 2. The molecule has 0 atom stereocenters. The van der Waals surface area contributed by atoms with Gasteiger partial charge in [-0.05, 0) is 30.3 Å². The fraction of sp³-hybridized carbons (Fsp3) is 0.0667. The van der Waals surface area contributed by atoms with Gasteiger partial charge in [-0.2, -0.15) is 10.4 Å². The Labute approximate surface area is 119 Å². The molecular weight excluding hydrogens is 274 g/mol. The Bertz CT molecular complexity index is 825. The summed E-state index contributed by atoms with van der Waals surface area (Å²) in [7, 11) is 0. The lowest BCUT2D eigenvalue weighted by atomic mass is 10.1. The Morgan fingerprint density at radius 1 is 1.19 bits per heavy atom. The largest absolute Gasteiger partial charge is 0.381 e. The molecule has 1 aromatic heterocycles. The van der Waals surface area contributed by atoms with Gasteiger partial charge in [-0.1, -0.05) is 0 Å². The van der Waals surface area contributed by atoms with Crippen LogP contribution in [0.2, 0.25) is 0 Å². The third kappa shape index (κ3) is 2.54. The number of aromatic amines is 1. The number of rotatable bonds is 3. The first-order chi connectivity index (χ1) is 10.2. The summed E-state index contributed by atoms with van der Waals surface area (Å²) in [6.07, 6.45) is 1.67. The summed E-state index contributed by atoms with van der Waals surface area (Å²) in [5.74, 6) is -1.47. The summed E-state index contributed by atoms with van der Waals surface area (Å²) in [4.78, 5) is 0. The second kappa shape index (κ2) is 5.21. The summed E-state index contributed by atoms with van der Waals surface area (Å²) in [5, 5.41) is 19.2. The molecule has 2 aromatic carbocycles. The maximum absolute atomic E-state index is 13.8. The number of hydrogen-bond donors (Lipinski definition) is 2. The van der Waals surface area contributed by atoms with Gasteiger partial charge >= 0.3 is 0 Å². The van der Waals surface area contributed by atoms with Crippen LogP contribution >= 0.6 is 0 Å². The second-order valence-electron chi connectivity index (χ2n) is 4.56. The van der Waals surface area contributed by atoms with Crippen LogP contribution in [0.1, 0.15) is 11.1 Å². The van der Waals surface area contributed by atoms with Gasteiger partial charge in [0.05, 0.1) is 23.3 Å². The Balaban J connectivity index is 1.83. The van der Waals surface area contributed by atoms with Crippen molar-refractivity contribution in [1.82, 2.24) is 10.2 Å². The number of aromatic nitrogens is 2. The molecule has 0 saturated heterocycles. The molecule has 3 aromatic rings. The molecule has 0 aliphatic carbocycles. The minimum atomic E-state index is -0.733. The smallest absolute Gasteiger partial charge is 0.132 e. The first-order valence-electron chi connectivity index (χ1n) is 6.22. The average molecular weight is 284 g/mol. The van der Waals surface area contributed by atoms with Gasteiger partial charge in [0.1, 0.15) is 11.6 Å².